The SMILES string of the molecule is COC(C)CN=C1NC(C)CC(C)S1. The number of rotatable bonds is 3. The fourth-order valence-electron chi connectivity index (χ4n) is 1.41. The van der Waals surface area contributed by atoms with Gasteiger partial charge in [0, 0.05) is 18.4 Å². The van der Waals surface area contributed by atoms with Crippen LogP contribution in [0, 0.1) is 0 Å². The number of hydrogen-bond acceptors (Lipinski definition) is 3. The van der Waals surface area contributed by atoms with Crippen LogP contribution >= 0.6 is 11.8 Å². The van der Waals surface area contributed by atoms with E-state index >= 15 is 0 Å². The fraction of sp³-hybridized carbons (Fsp3) is 0.900. The molecule has 1 aliphatic heterocycles. The van der Waals surface area contributed by atoms with E-state index in [0.29, 0.717) is 11.3 Å². The van der Waals surface area contributed by atoms with E-state index in [0.717, 1.165) is 11.7 Å². The van der Waals surface area contributed by atoms with Crippen LogP contribution in [0.25, 0.3) is 0 Å². The van der Waals surface area contributed by atoms with Crippen LogP contribution in [0.5, 0.6) is 0 Å². The first kappa shape index (κ1) is 11.9. The van der Waals surface area contributed by atoms with E-state index in [1.807, 2.05) is 18.7 Å². The summed E-state index contributed by atoms with van der Waals surface area (Å²) in [5.74, 6) is 0. The maximum atomic E-state index is 5.15. The van der Waals surface area contributed by atoms with E-state index in [1.54, 1.807) is 7.11 Å². The molecule has 0 saturated carbocycles. The Labute approximate surface area is 90.7 Å². The summed E-state index contributed by atoms with van der Waals surface area (Å²) >= 11 is 1.83. The average Bonchev–Trinajstić information content (AvgIpc) is 2.12. The van der Waals surface area contributed by atoms with Gasteiger partial charge in [-0.15, -0.1) is 0 Å². The third kappa shape index (κ3) is 3.88. The number of nitrogens with one attached hydrogen (secondary N) is 1. The summed E-state index contributed by atoms with van der Waals surface area (Å²) in [5, 5.41) is 5.12. The summed E-state index contributed by atoms with van der Waals surface area (Å²) in [6, 6.07) is 0.544. The van der Waals surface area contributed by atoms with Crippen molar-refractivity contribution in [1.29, 1.82) is 0 Å². The summed E-state index contributed by atoms with van der Waals surface area (Å²) < 4.78 is 5.15. The zero-order valence-corrected chi connectivity index (χ0v) is 10.2. The largest absolute Gasteiger partial charge is 0.380 e. The summed E-state index contributed by atoms with van der Waals surface area (Å²) in [6.07, 6.45) is 1.42. The normalized spacial score (nSPS) is 32.7. The lowest BCUT2D eigenvalue weighted by atomic mass is 10.2. The molecule has 3 atom stereocenters. The van der Waals surface area contributed by atoms with E-state index in [2.05, 4.69) is 24.2 Å². The monoisotopic (exact) mass is 216 g/mol. The van der Waals surface area contributed by atoms with Crippen LogP contribution in [0.4, 0.5) is 0 Å². The third-order valence-corrected chi connectivity index (χ3v) is 3.33. The van der Waals surface area contributed by atoms with Crippen LogP contribution in [-0.2, 0) is 4.74 Å². The predicted octanol–water partition coefficient (Wildman–Crippen LogP) is 1.88. The Hall–Kier alpha value is -0.220. The highest BCUT2D eigenvalue weighted by Crippen LogP contribution is 2.22. The lowest BCUT2D eigenvalue weighted by Gasteiger charge is -2.27. The minimum absolute atomic E-state index is 0.206. The third-order valence-electron chi connectivity index (χ3n) is 2.26. The molecule has 0 aliphatic carbocycles. The highest BCUT2D eigenvalue weighted by atomic mass is 32.2. The standard InChI is InChI=1S/C10H20N2OS/c1-7-5-9(3)14-10(12-7)11-6-8(2)13-4/h7-9H,5-6H2,1-4H3,(H,11,12). The van der Waals surface area contributed by atoms with E-state index in [4.69, 9.17) is 4.74 Å². The van der Waals surface area contributed by atoms with Crippen molar-refractivity contribution in [2.75, 3.05) is 13.7 Å². The average molecular weight is 216 g/mol. The van der Waals surface area contributed by atoms with Gasteiger partial charge in [-0.2, -0.15) is 0 Å². The molecule has 0 amide bonds. The highest BCUT2D eigenvalue weighted by molar-refractivity contribution is 8.14. The Bertz CT molecular complexity index is 196. The number of methoxy groups -OCH3 is 1. The molecule has 14 heavy (non-hydrogen) atoms. The molecule has 1 N–H and O–H groups in total. The van der Waals surface area contributed by atoms with Gasteiger partial charge in [0.15, 0.2) is 5.17 Å². The summed E-state index contributed by atoms with van der Waals surface area (Å²) in [7, 11) is 1.72. The molecular formula is C10H20N2OS. The quantitative estimate of drug-likeness (QED) is 0.782. The minimum atomic E-state index is 0.206. The molecule has 1 saturated heterocycles. The van der Waals surface area contributed by atoms with Crippen molar-refractivity contribution in [2.45, 2.75) is 44.6 Å². The molecule has 1 fully saturated rings. The van der Waals surface area contributed by atoms with Gasteiger partial charge in [0.1, 0.15) is 0 Å². The minimum Gasteiger partial charge on any atom is -0.380 e. The topological polar surface area (TPSA) is 33.6 Å². The molecule has 4 heteroatoms. The van der Waals surface area contributed by atoms with Crippen molar-refractivity contribution >= 4 is 16.9 Å². The van der Waals surface area contributed by atoms with Gasteiger partial charge < -0.3 is 10.1 Å². The van der Waals surface area contributed by atoms with Crippen LogP contribution in [0.1, 0.15) is 27.2 Å². The summed E-state index contributed by atoms with van der Waals surface area (Å²) in [5.41, 5.74) is 0. The zero-order valence-electron chi connectivity index (χ0n) is 9.41. The first-order valence-electron chi connectivity index (χ1n) is 5.12. The second kappa shape index (κ2) is 5.61. The number of amidine groups is 1. The van der Waals surface area contributed by atoms with E-state index < -0.39 is 0 Å². The van der Waals surface area contributed by atoms with Gasteiger partial charge in [-0.25, -0.2) is 0 Å². The first-order chi connectivity index (χ1) is 6.61. The van der Waals surface area contributed by atoms with Crippen LogP contribution in [0.2, 0.25) is 0 Å². The van der Waals surface area contributed by atoms with Gasteiger partial charge in [0.05, 0.1) is 12.6 Å². The maximum Gasteiger partial charge on any atom is 0.157 e. The van der Waals surface area contributed by atoms with Gasteiger partial charge in [-0.3, -0.25) is 4.99 Å². The molecule has 1 rings (SSSR count). The molecule has 0 radical (unpaired) electrons. The molecule has 82 valence electrons. The second-order valence-electron chi connectivity index (χ2n) is 3.90. The fourth-order valence-corrected chi connectivity index (χ4v) is 2.59. The second-order valence-corrected chi connectivity index (χ2v) is 5.33. The Kier molecular flexibility index (Phi) is 4.75. The van der Waals surface area contributed by atoms with Crippen molar-refractivity contribution < 1.29 is 4.74 Å². The number of hydrogen-bond donors (Lipinski definition) is 1. The van der Waals surface area contributed by atoms with E-state index in [-0.39, 0.29) is 6.10 Å². The highest BCUT2D eigenvalue weighted by Gasteiger charge is 2.19. The number of nitrogens with zero attached hydrogens (tertiary/aromatic N) is 1. The van der Waals surface area contributed by atoms with Crippen molar-refractivity contribution in [3.05, 3.63) is 0 Å². The molecule has 0 bridgehead atoms. The molecule has 0 aromatic rings. The van der Waals surface area contributed by atoms with Crippen molar-refractivity contribution in [3.8, 4) is 0 Å². The van der Waals surface area contributed by atoms with Crippen LogP contribution in [0.15, 0.2) is 4.99 Å². The Balaban J connectivity index is 2.42. The Morgan fingerprint density at radius 2 is 2.36 bits per heavy atom. The van der Waals surface area contributed by atoms with Crippen LogP contribution in [-0.4, -0.2) is 36.2 Å². The van der Waals surface area contributed by atoms with Crippen molar-refractivity contribution in [2.24, 2.45) is 4.99 Å². The molecule has 1 heterocycles. The van der Waals surface area contributed by atoms with Gasteiger partial charge >= 0.3 is 0 Å². The lowest BCUT2D eigenvalue weighted by Crippen LogP contribution is -2.38. The van der Waals surface area contributed by atoms with Crippen molar-refractivity contribution in [3.63, 3.8) is 0 Å². The predicted molar refractivity (Wildman–Crippen MR) is 63.0 cm³/mol. The number of ether oxygens (including phenoxy) is 1. The molecule has 0 spiro atoms. The molecule has 0 aromatic carbocycles. The lowest BCUT2D eigenvalue weighted by molar-refractivity contribution is 0.125. The van der Waals surface area contributed by atoms with E-state index in [1.165, 1.54) is 6.42 Å². The number of thioether (sulfide) groups is 1. The molecule has 1 aliphatic rings. The van der Waals surface area contributed by atoms with Gasteiger partial charge in [0.2, 0.25) is 0 Å². The zero-order chi connectivity index (χ0) is 10.6. The molecule has 3 nitrogen and oxygen atoms in total. The number of aliphatic imine (C=N–C) groups is 1. The Morgan fingerprint density at radius 1 is 1.64 bits per heavy atom. The molecule has 0 aromatic heterocycles. The van der Waals surface area contributed by atoms with Gasteiger partial charge in [-0.1, -0.05) is 18.7 Å². The van der Waals surface area contributed by atoms with Crippen LogP contribution < -0.4 is 5.32 Å². The van der Waals surface area contributed by atoms with Gasteiger partial charge in [-0.05, 0) is 20.3 Å². The maximum absolute atomic E-state index is 5.15. The summed E-state index contributed by atoms with van der Waals surface area (Å²) in [4.78, 5) is 4.50. The molecule has 3 unspecified atom stereocenters. The Morgan fingerprint density at radius 3 is 2.93 bits per heavy atom. The van der Waals surface area contributed by atoms with Crippen molar-refractivity contribution in [1.82, 2.24) is 5.32 Å². The first-order valence-corrected chi connectivity index (χ1v) is 6.00. The summed E-state index contributed by atoms with van der Waals surface area (Å²) in [6.45, 7) is 7.22. The van der Waals surface area contributed by atoms with Gasteiger partial charge in [0.25, 0.3) is 0 Å². The van der Waals surface area contributed by atoms with Crippen LogP contribution in [0.3, 0.4) is 0 Å². The molecular weight excluding hydrogens is 196 g/mol. The smallest absolute Gasteiger partial charge is 0.157 e. The van der Waals surface area contributed by atoms with E-state index in [9.17, 15) is 0 Å².